The van der Waals surface area contributed by atoms with Gasteiger partial charge in [-0.25, -0.2) is 0 Å². The van der Waals surface area contributed by atoms with Crippen molar-refractivity contribution in [2.24, 2.45) is 11.7 Å². The zero-order valence-electron chi connectivity index (χ0n) is 11.1. The zero-order chi connectivity index (χ0) is 14.2. The van der Waals surface area contributed by atoms with Crippen molar-refractivity contribution in [1.82, 2.24) is 10.2 Å². The molecule has 2 unspecified atom stereocenters. The van der Waals surface area contributed by atoms with E-state index in [1.165, 1.54) is 14.0 Å². The highest BCUT2D eigenvalue weighted by molar-refractivity contribution is 5.85. The Balaban J connectivity index is 1.91. The molecule has 2 heterocycles. The molecule has 7 heteroatoms. The number of ether oxygens (including phenoxy) is 1. The van der Waals surface area contributed by atoms with E-state index in [2.05, 4.69) is 10.1 Å². The third-order valence-corrected chi connectivity index (χ3v) is 3.87. The highest BCUT2D eigenvalue weighted by Crippen LogP contribution is 2.35. The Morgan fingerprint density at radius 3 is 2.74 bits per heavy atom. The number of amides is 2. The van der Waals surface area contributed by atoms with E-state index in [0.29, 0.717) is 19.5 Å². The summed E-state index contributed by atoms with van der Waals surface area (Å²) in [7, 11) is 1.27. The molecular formula is C12H19N3O4. The van der Waals surface area contributed by atoms with Crippen molar-refractivity contribution in [2.45, 2.75) is 31.3 Å². The van der Waals surface area contributed by atoms with Crippen LogP contribution in [-0.2, 0) is 19.1 Å². The van der Waals surface area contributed by atoms with Gasteiger partial charge in [0.15, 0.2) is 0 Å². The molecule has 2 aliphatic rings. The van der Waals surface area contributed by atoms with Crippen LogP contribution in [0.15, 0.2) is 0 Å². The van der Waals surface area contributed by atoms with Crippen LogP contribution in [0.3, 0.4) is 0 Å². The van der Waals surface area contributed by atoms with Crippen molar-refractivity contribution < 1.29 is 19.1 Å². The van der Waals surface area contributed by atoms with Crippen LogP contribution in [0.25, 0.3) is 0 Å². The second kappa shape index (κ2) is 4.80. The number of likely N-dealkylation sites (tertiary alicyclic amines) is 1. The van der Waals surface area contributed by atoms with Crippen LogP contribution in [0.2, 0.25) is 0 Å². The third kappa shape index (κ3) is 2.56. The van der Waals surface area contributed by atoms with Crippen molar-refractivity contribution in [3.8, 4) is 0 Å². The van der Waals surface area contributed by atoms with Crippen LogP contribution >= 0.6 is 0 Å². The lowest BCUT2D eigenvalue weighted by molar-refractivity contribution is -0.142. The number of carbonyl (C=O) groups excluding carboxylic acids is 3. The van der Waals surface area contributed by atoms with Gasteiger partial charge in [-0.05, 0) is 12.8 Å². The molecule has 2 rings (SSSR count). The lowest BCUT2D eigenvalue weighted by atomic mass is 9.83. The molecule has 2 amide bonds. The summed E-state index contributed by atoms with van der Waals surface area (Å²) in [5.41, 5.74) is 5.36. The lowest BCUT2D eigenvalue weighted by Gasteiger charge is -2.47. The molecule has 7 nitrogen and oxygen atoms in total. The second-order valence-corrected chi connectivity index (χ2v) is 5.41. The summed E-state index contributed by atoms with van der Waals surface area (Å²) in [5, 5.41) is 2.92. The van der Waals surface area contributed by atoms with Crippen LogP contribution in [0.1, 0.15) is 19.8 Å². The summed E-state index contributed by atoms with van der Waals surface area (Å²) in [6.45, 7) is 2.59. The number of rotatable bonds is 3. The number of hydrogen-bond acceptors (Lipinski definition) is 5. The molecule has 0 aromatic carbocycles. The Kier molecular flexibility index (Phi) is 3.49. The second-order valence-electron chi connectivity index (χ2n) is 5.41. The number of carbonyl (C=O) groups is 3. The maximum absolute atomic E-state index is 11.9. The van der Waals surface area contributed by atoms with Gasteiger partial charge in [-0.3, -0.25) is 14.4 Å². The largest absolute Gasteiger partial charge is 0.468 e. The van der Waals surface area contributed by atoms with Gasteiger partial charge in [-0.15, -0.1) is 0 Å². The summed E-state index contributed by atoms with van der Waals surface area (Å²) < 4.78 is 4.55. The van der Waals surface area contributed by atoms with E-state index in [-0.39, 0.29) is 29.7 Å². The average molecular weight is 269 g/mol. The van der Waals surface area contributed by atoms with Crippen molar-refractivity contribution in [2.75, 3.05) is 20.2 Å². The van der Waals surface area contributed by atoms with Gasteiger partial charge in [0.25, 0.3) is 0 Å². The van der Waals surface area contributed by atoms with Crippen LogP contribution in [0, 0.1) is 5.92 Å². The summed E-state index contributed by atoms with van der Waals surface area (Å²) >= 11 is 0. The van der Waals surface area contributed by atoms with Crippen molar-refractivity contribution in [3.63, 3.8) is 0 Å². The molecule has 2 saturated heterocycles. The maximum Gasteiger partial charge on any atom is 0.322 e. The maximum atomic E-state index is 11.9. The number of nitrogens with zero attached hydrogens (tertiary/aromatic N) is 1. The van der Waals surface area contributed by atoms with Gasteiger partial charge in [-0.2, -0.15) is 0 Å². The van der Waals surface area contributed by atoms with E-state index < -0.39 is 12.0 Å². The van der Waals surface area contributed by atoms with E-state index in [1.54, 1.807) is 4.90 Å². The standard InChI is InChI=1S/C12H19N3O4/c1-7(16)15-5-12(6-15)4-8(10(17)14-12)3-9(13)11(18)19-2/h8-9H,3-6,13H2,1-2H3,(H,14,17). The fourth-order valence-corrected chi connectivity index (χ4v) is 2.84. The van der Waals surface area contributed by atoms with E-state index in [0.717, 1.165) is 0 Å². The predicted octanol–water partition coefficient (Wildman–Crippen LogP) is -1.39. The predicted molar refractivity (Wildman–Crippen MR) is 65.8 cm³/mol. The van der Waals surface area contributed by atoms with Gasteiger partial charge >= 0.3 is 5.97 Å². The first-order chi connectivity index (χ1) is 8.87. The Hall–Kier alpha value is -1.63. The van der Waals surface area contributed by atoms with E-state index in [4.69, 9.17) is 5.73 Å². The Morgan fingerprint density at radius 2 is 2.21 bits per heavy atom. The van der Waals surface area contributed by atoms with Crippen molar-refractivity contribution >= 4 is 17.8 Å². The Labute approximate surface area is 111 Å². The van der Waals surface area contributed by atoms with Gasteiger partial charge < -0.3 is 20.7 Å². The molecule has 19 heavy (non-hydrogen) atoms. The van der Waals surface area contributed by atoms with Gasteiger partial charge in [-0.1, -0.05) is 0 Å². The van der Waals surface area contributed by atoms with Crippen LogP contribution in [-0.4, -0.2) is 54.5 Å². The molecule has 0 aromatic heterocycles. The molecule has 2 fully saturated rings. The summed E-state index contributed by atoms with van der Waals surface area (Å²) in [6.07, 6.45) is 0.890. The normalized spacial score (nSPS) is 25.7. The average Bonchev–Trinajstić information content (AvgIpc) is 2.63. The van der Waals surface area contributed by atoms with E-state index in [9.17, 15) is 14.4 Å². The SMILES string of the molecule is COC(=O)C(N)CC1CC2(CN(C(C)=O)C2)NC1=O. The first-order valence-corrected chi connectivity index (χ1v) is 6.28. The Bertz CT molecular complexity index is 417. The number of nitrogens with one attached hydrogen (secondary N) is 1. The van der Waals surface area contributed by atoms with Crippen LogP contribution < -0.4 is 11.1 Å². The Morgan fingerprint density at radius 1 is 1.58 bits per heavy atom. The monoisotopic (exact) mass is 269 g/mol. The minimum Gasteiger partial charge on any atom is -0.468 e. The van der Waals surface area contributed by atoms with Gasteiger partial charge in [0.2, 0.25) is 11.8 Å². The highest BCUT2D eigenvalue weighted by atomic mass is 16.5. The van der Waals surface area contributed by atoms with E-state index in [1.807, 2.05) is 0 Å². The summed E-state index contributed by atoms with van der Waals surface area (Å²) in [5.74, 6) is -0.881. The van der Waals surface area contributed by atoms with Crippen LogP contribution in [0.5, 0.6) is 0 Å². The number of hydrogen-bond donors (Lipinski definition) is 2. The molecule has 106 valence electrons. The molecular weight excluding hydrogens is 250 g/mol. The van der Waals surface area contributed by atoms with Gasteiger partial charge in [0.1, 0.15) is 6.04 Å². The molecule has 2 aliphatic heterocycles. The highest BCUT2D eigenvalue weighted by Gasteiger charge is 2.52. The lowest BCUT2D eigenvalue weighted by Crippen LogP contribution is -2.68. The first kappa shape index (κ1) is 13.8. The van der Waals surface area contributed by atoms with Gasteiger partial charge in [0, 0.05) is 25.9 Å². The fraction of sp³-hybridized carbons (Fsp3) is 0.750. The third-order valence-electron chi connectivity index (χ3n) is 3.87. The van der Waals surface area contributed by atoms with E-state index >= 15 is 0 Å². The molecule has 0 radical (unpaired) electrons. The smallest absolute Gasteiger partial charge is 0.322 e. The summed E-state index contributed by atoms with van der Waals surface area (Å²) in [6, 6.07) is -0.778. The topological polar surface area (TPSA) is 102 Å². The molecule has 1 spiro atoms. The fourth-order valence-electron chi connectivity index (χ4n) is 2.84. The minimum atomic E-state index is -0.778. The molecule has 3 N–H and O–H groups in total. The quantitative estimate of drug-likeness (QED) is 0.614. The van der Waals surface area contributed by atoms with Gasteiger partial charge in [0.05, 0.1) is 12.6 Å². The minimum absolute atomic E-state index is 0.00888. The summed E-state index contributed by atoms with van der Waals surface area (Å²) in [4.78, 5) is 36.0. The molecule has 0 saturated carbocycles. The zero-order valence-corrected chi connectivity index (χ0v) is 11.1. The number of nitrogens with two attached hydrogens (primary N) is 1. The van der Waals surface area contributed by atoms with Crippen LogP contribution in [0.4, 0.5) is 0 Å². The first-order valence-electron chi connectivity index (χ1n) is 6.28. The van der Waals surface area contributed by atoms with Crippen molar-refractivity contribution in [1.29, 1.82) is 0 Å². The van der Waals surface area contributed by atoms with Crippen molar-refractivity contribution in [3.05, 3.63) is 0 Å². The molecule has 0 aromatic rings. The molecule has 0 aliphatic carbocycles. The molecule has 2 atom stereocenters. The number of methoxy groups -OCH3 is 1. The molecule has 0 bridgehead atoms. The number of esters is 1.